The number of halogens is 1. The van der Waals surface area contributed by atoms with E-state index in [1.807, 2.05) is 31.2 Å². The number of ketones is 1. The van der Waals surface area contributed by atoms with Crippen LogP contribution in [-0.4, -0.2) is 33.9 Å². The van der Waals surface area contributed by atoms with E-state index in [9.17, 15) is 4.79 Å². The van der Waals surface area contributed by atoms with Crippen LogP contribution in [0.4, 0.5) is 0 Å². The van der Waals surface area contributed by atoms with E-state index >= 15 is 0 Å². The average molecular weight is 410 g/mol. The summed E-state index contributed by atoms with van der Waals surface area (Å²) in [6.07, 6.45) is 8.22. The molecular weight excluding hydrogens is 382 g/mol. The first kappa shape index (κ1) is 20.2. The van der Waals surface area contributed by atoms with E-state index in [-0.39, 0.29) is 5.78 Å². The fourth-order valence-electron chi connectivity index (χ4n) is 5.13. The van der Waals surface area contributed by atoms with E-state index in [2.05, 4.69) is 21.6 Å². The highest BCUT2D eigenvalue weighted by atomic mass is 35.5. The van der Waals surface area contributed by atoms with Gasteiger partial charge in [0.2, 0.25) is 0 Å². The molecule has 2 bridgehead atoms. The Balaban J connectivity index is 1.60. The van der Waals surface area contributed by atoms with Crippen LogP contribution in [0.1, 0.15) is 66.7 Å². The van der Waals surface area contributed by atoms with Crippen molar-refractivity contribution in [2.45, 2.75) is 70.4 Å². The third kappa shape index (κ3) is 4.13. The lowest BCUT2D eigenvalue weighted by molar-refractivity contribution is 0.0917. The van der Waals surface area contributed by atoms with Gasteiger partial charge in [-0.3, -0.25) is 9.69 Å². The van der Waals surface area contributed by atoms with Gasteiger partial charge in [-0.2, -0.15) is 5.26 Å². The number of aromatic nitrogens is 1. The molecule has 2 saturated heterocycles. The summed E-state index contributed by atoms with van der Waals surface area (Å²) < 4.78 is 2.19. The van der Waals surface area contributed by atoms with E-state index in [0.29, 0.717) is 30.1 Å². The van der Waals surface area contributed by atoms with Crippen LogP contribution >= 0.6 is 11.6 Å². The number of aryl methyl sites for hydroxylation is 1. The van der Waals surface area contributed by atoms with Crippen molar-refractivity contribution in [1.29, 1.82) is 5.26 Å². The van der Waals surface area contributed by atoms with Crippen LogP contribution in [0, 0.1) is 18.3 Å². The van der Waals surface area contributed by atoms with E-state index < -0.39 is 0 Å². The molecule has 5 heteroatoms. The van der Waals surface area contributed by atoms with E-state index in [4.69, 9.17) is 16.9 Å². The minimum atomic E-state index is 0.229. The molecule has 2 aromatic rings. The first-order valence-electron chi connectivity index (χ1n) is 10.7. The number of unbranched alkanes of at least 4 members (excludes halogenated alkanes) is 2. The highest BCUT2D eigenvalue weighted by molar-refractivity contribution is 6.30. The van der Waals surface area contributed by atoms with Crippen molar-refractivity contribution in [2.75, 3.05) is 6.54 Å². The fraction of sp³-hybridized carbons (Fsp3) is 0.500. The third-order valence-corrected chi connectivity index (χ3v) is 6.86. The summed E-state index contributed by atoms with van der Waals surface area (Å²) in [6, 6.07) is 13.3. The first-order valence-corrected chi connectivity index (χ1v) is 11.1. The molecule has 4 rings (SSSR count). The maximum absolute atomic E-state index is 13.2. The summed E-state index contributed by atoms with van der Waals surface area (Å²) in [5.74, 6) is 0.229. The topological polar surface area (TPSA) is 49.0 Å². The molecule has 1 aromatic carbocycles. The molecule has 1 aromatic heterocycles. The van der Waals surface area contributed by atoms with Gasteiger partial charge in [-0.1, -0.05) is 11.6 Å². The SMILES string of the molecule is Cc1c(C(=O)CN2C3CCC2CC3)cc(CCCCC#N)n1-c1ccc(Cl)cc1. The van der Waals surface area contributed by atoms with Gasteiger partial charge >= 0.3 is 0 Å². The van der Waals surface area contributed by atoms with E-state index in [0.717, 1.165) is 41.9 Å². The van der Waals surface area contributed by atoms with Crippen molar-refractivity contribution in [2.24, 2.45) is 0 Å². The third-order valence-electron chi connectivity index (χ3n) is 6.61. The standard InChI is InChI=1S/C24H28ClN3O/c1-17-23(24(29)16-27-19-10-11-20(27)13-12-19)15-22(5-3-2-4-14-26)28(17)21-8-6-18(25)7-9-21/h6-9,15,19-20H,2-5,10-13,16H2,1H3. The van der Waals surface area contributed by atoms with Gasteiger partial charge in [-0.15, -0.1) is 0 Å². The number of hydrogen-bond acceptors (Lipinski definition) is 3. The van der Waals surface area contributed by atoms with Crippen LogP contribution in [0.3, 0.4) is 0 Å². The van der Waals surface area contributed by atoms with Crippen molar-refractivity contribution >= 4 is 17.4 Å². The maximum atomic E-state index is 13.2. The van der Waals surface area contributed by atoms with Gasteiger partial charge in [0.15, 0.2) is 5.78 Å². The molecule has 152 valence electrons. The number of rotatable bonds is 8. The summed E-state index contributed by atoms with van der Waals surface area (Å²) >= 11 is 6.08. The molecule has 0 saturated carbocycles. The van der Waals surface area contributed by atoms with Crippen molar-refractivity contribution < 1.29 is 4.79 Å². The van der Waals surface area contributed by atoms with Crippen molar-refractivity contribution in [3.05, 3.63) is 52.3 Å². The average Bonchev–Trinajstić information content (AvgIpc) is 3.39. The van der Waals surface area contributed by atoms with Gasteiger partial charge in [0.25, 0.3) is 0 Å². The Bertz CT molecular complexity index is 905. The molecule has 0 N–H and O–H groups in total. The molecule has 0 atom stereocenters. The van der Waals surface area contributed by atoms with Crippen LogP contribution < -0.4 is 0 Å². The van der Waals surface area contributed by atoms with Gasteiger partial charge in [-0.05, 0) is 82.2 Å². The van der Waals surface area contributed by atoms with Crippen molar-refractivity contribution in [3.8, 4) is 11.8 Å². The number of Topliss-reactive ketones (excluding diaryl/α,β-unsaturated/α-hetero) is 1. The largest absolute Gasteiger partial charge is 0.317 e. The zero-order chi connectivity index (χ0) is 20.4. The molecule has 0 amide bonds. The monoisotopic (exact) mass is 409 g/mol. The Labute approximate surface area is 178 Å². The number of hydrogen-bond donors (Lipinski definition) is 0. The van der Waals surface area contributed by atoms with Gasteiger partial charge in [0.1, 0.15) is 0 Å². The summed E-state index contributed by atoms with van der Waals surface area (Å²) in [5.41, 5.74) is 4.00. The molecule has 0 radical (unpaired) electrons. The lowest BCUT2D eigenvalue weighted by Gasteiger charge is -2.20. The Hall–Kier alpha value is -2.09. The molecular formula is C24H28ClN3O. The minimum absolute atomic E-state index is 0.229. The Kier molecular flexibility index (Phi) is 6.08. The lowest BCUT2D eigenvalue weighted by atomic mass is 10.0. The summed E-state index contributed by atoms with van der Waals surface area (Å²) in [4.78, 5) is 15.7. The molecule has 0 spiro atoms. The summed E-state index contributed by atoms with van der Waals surface area (Å²) in [6.45, 7) is 2.58. The number of nitriles is 1. The molecule has 2 aliphatic heterocycles. The molecule has 0 aliphatic carbocycles. The predicted molar refractivity (Wildman–Crippen MR) is 116 cm³/mol. The van der Waals surface area contributed by atoms with Gasteiger partial charge in [0, 0.05) is 46.2 Å². The molecule has 0 unspecified atom stereocenters. The van der Waals surface area contributed by atoms with E-state index in [1.54, 1.807) is 0 Å². The smallest absolute Gasteiger partial charge is 0.178 e. The number of carbonyl (C=O) groups is 1. The molecule has 3 heterocycles. The Morgan fingerprint density at radius 3 is 2.41 bits per heavy atom. The summed E-state index contributed by atoms with van der Waals surface area (Å²) in [5, 5.41) is 9.51. The van der Waals surface area contributed by atoms with Crippen LogP contribution in [0.25, 0.3) is 5.69 Å². The second-order valence-electron chi connectivity index (χ2n) is 8.37. The zero-order valence-electron chi connectivity index (χ0n) is 17.0. The maximum Gasteiger partial charge on any atom is 0.178 e. The van der Waals surface area contributed by atoms with Crippen molar-refractivity contribution in [1.82, 2.24) is 9.47 Å². The fourth-order valence-corrected chi connectivity index (χ4v) is 5.25. The number of benzene rings is 1. The quantitative estimate of drug-likeness (QED) is 0.428. The van der Waals surface area contributed by atoms with Crippen LogP contribution in [0.5, 0.6) is 0 Å². The summed E-state index contributed by atoms with van der Waals surface area (Å²) in [7, 11) is 0. The van der Waals surface area contributed by atoms with Gasteiger partial charge in [-0.25, -0.2) is 0 Å². The first-order chi connectivity index (χ1) is 14.1. The number of carbonyl (C=O) groups excluding carboxylic acids is 1. The Morgan fingerprint density at radius 2 is 1.79 bits per heavy atom. The van der Waals surface area contributed by atoms with Crippen molar-refractivity contribution in [3.63, 3.8) is 0 Å². The number of fused-ring (bicyclic) bond motifs is 2. The van der Waals surface area contributed by atoms with Crippen LogP contribution in [-0.2, 0) is 6.42 Å². The molecule has 4 nitrogen and oxygen atoms in total. The van der Waals surface area contributed by atoms with Gasteiger partial charge < -0.3 is 4.57 Å². The van der Waals surface area contributed by atoms with E-state index in [1.165, 1.54) is 25.7 Å². The molecule has 2 aliphatic rings. The Morgan fingerprint density at radius 1 is 1.14 bits per heavy atom. The molecule has 29 heavy (non-hydrogen) atoms. The van der Waals surface area contributed by atoms with Gasteiger partial charge in [0.05, 0.1) is 12.6 Å². The highest BCUT2D eigenvalue weighted by Gasteiger charge is 2.40. The molecule has 2 fully saturated rings. The van der Waals surface area contributed by atoms with Crippen LogP contribution in [0.15, 0.2) is 30.3 Å². The predicted octanol–water partition coefficient (Wildman–Crippen LogP) is 5.49. The lowest BCUT2D eigenvalue weighted by Crippen LogP contribution is -2.34. The van der Waals surface area contributed by atoms with Crippen LogP contribution in [0.2, 0.25) is 5.02 Å². The highest BCUT2D eigenvalue weighted by Crippen LogP contribution is 2.37. The number of nitrogens with zero attached hydrogens (tertiary/aromatic N) is 3. The second-order valence-corrected chi connectivity index (χ2v) is 8.81. The minimum Gasteiger partial charge on any atom is -0.317 e. The second kappa shape index (κ2) is 8.73. The normalized spacial score (nSPS) is 20.9. The zero-order valence-corrected chi connectivity index (χ0v) is 17.8.